The molecule has 0 aliphatic carbocycles. The smallest absolute Gasteiger partial charge is 0.169 e. The first-order chi connectivity index (χ1) is 17.8. The highest BCUT2D eigenvalue weighted by Gasteiger charge is 2.14. The van der Waals surface area contributed by atoms with E-state index in [9.17, 15) is 0 Å². The molecule has 0 unspecified atom stereocenters. The van der Waals surface area contributed by atoms with E-state index < -0.39 is 0 Å². The Balaban J connectivity index is 1.36. The fraction of sp³-hybridized carbons (Fsp3) is 0. The van der Waals surface area contributed by atoms with Gasteiger partial charge in [0.05, 0.1) is 9.75 Å². The van der Waals surface area contributed by atoms with E-state index in [1.165, 1.54) is 52.5 Å². The number of nitrogens with zero attached hydrogens (tertiary/aromatic N) is 4. The highest BCUT2D eigenvalue weighted by atomic mass is 32.1. The molecule has 4 aromatic heterocycles. The minimum atomic E-state index is 0.777. The molecule has 0 aliphatic rings. The standard InChI is InChI=1S/C30H16N4S2/c1-11-31-29(32-12-1)27-15-23-21-5-3-18-17(19(21)7-9-25(23)35-27)4-6-22-20(18)8-10-26-24(22)16-28(36-26)30-33-13-2-14-34-30/h1-16H. The molecule has 6 heteroatoms. The van der Waals surface area contributed by atoms with Crippen molar-refractivity contribution in [2.75, 3.05) is 0 Å². The molecule has 8 aromatic rings. The van der Waals surface area contributed by atoms with Gasteiger partial charge in [-0.05, 0) is 68.7 Å². The topological polar surface area (TPSA) is 51.6 Å². The third kappa shape index (κ3) is 2.92. The molecule has 0 radical (unpaired) electrons. The summed E-state index contributed by atoms with van der Waals surface area (Å²) in [4.78, 5) is 20.0. The van der Waals surface area contributed by atoms with Crippen molar-refractivity contribution in [2.45, 2.75) is 0 Å². The average molecular weight is 497 g/mol. The molecule has 0 saturated heterocycles. The summed E-state index contributed by atoms with van der Waals surface area (Å²) in [5, 5.41) is 10.1. The van der Waals surface area contributed by atoms with Gasteiger partial charge in [0.1, 0.15) is 0 Å². The summed E-state index contributed by atoms with van der Waals surface area (Å²) in [7, 11) is 0. The Labute approximate surface area is 213 Å². The summed E-state index contributed by atoms with van der Waals surface area (Å²) < 4.78 is 2.50. The van der Waals surface area contributed by atoms with Gasteiger partial charge in [0.2, 0.25) is 0 Å². The van der Waals surface area contributed by atoms with Crippen molar-refractivity contribution in [3.63, 3.8) is 0 Å². The van der Waals surface area contributed by atoms with E-state index >= 15 is 0 Å². The number of aromatic nitrogens is 4. The zero-order valence-electron chi connectivity index (χ0n) is 18.8. The van der Waals surface area contributed by atoms with Crippen molar-refractivity contribution in [3.05, 3.63) is 97.6 Å². The van der Waals surface area contributed by atoms with E-state index in [1.807, 2.05) is 12.1 Å². The van der Waals surface area contributed by atoms with Crippen LogP contribution in [0.3, 0.4) is 0 Å². The third-order valence-corrected chi connectivity index (χ3v) is 8.95. The van der Waals surface area contributed by atoms with Crippen LogP contribution < -0.4 is 0 Å². The van der Waals surface area contributed by atoms with Crippen molar-refractivity contribution in [3.8, 4) is 21.4 Å². The van der Waals surface area contributed by atoms with Crippen LogP contribution in [0.15, 0.2) is 97.6 Å². The summed E-state index contributed by atoms with van der Waals surface area (Å²) in [6.45, 7) is 0. The lowest BCUT2D eigenvalue weighted by atomic mass is 9.95. The van der Waals surface area contributed by atoms with Gasteiger partial charge in [-0.25, -0.2) is 19.9 Å². The lowest BCUT2D eigenvalue weighted by Gasteiger charge is -2.09. The lowest BCUT2D eigenvalue weighted by Crippen LogP contribution is -1.83. The molecular weight excluding hydrogens is 480 g/mol. The second-order valence-corrected chi connectivity index (χ2v) is 10.9. The van der Waals surface area contributed by atoms with E-state index in [0.717, 1.165) is 21.4 Å². The van der Waals surface area contributed by atoms with Crippen molar-refractivity contribution in [2.24, 2.45) is 0 Å². The average Bonchev–Trinajstić information content (AvgIpc) is 3.58. The summed E-state index contributed by atoms with van der Waals surface area (Å²) in [5.41, 5.74) is 0. The number of rotatable bonds is 2. The highest BCUT2D eigenvalue weighted by molar-refractivity contribution is 7.22. The number of fused-ring (bicyclic) bond motifs is 9. The molecule has 4 nitrogen and oxygen atoms in total. The normalized spacial score (nSPS) is 11.9. The van der Waals surface area contributed by atoms with E-state index in [4.69, 9.17) is 0 Å². The van der Waals surface area contributed by atoms with E-state index in [-0.39, 0.29) is 0 Å². The first kappa shape index (κ1) is 20.0. The largest absolute Gasteiger partial charge is 0.236 e. The molecule has 0 N–H and O–H groups in total. The molecule has 0 fully saturated rings. The van der Waals surface area contributed by atoms with Gasteiger partial charge in [-0.1, -0.05) is 36.4 Å². The fourth-order valence-corrected chi connectivity index (χ4v) is 7.20. The fourth-order valence-electron chi connectivity index (χ4n) is 5.15. The van der Waals surface area contributed by atoms with Crippen LogP contribution in [0.4, 0.5) is 0 Å². The SMILES string of the molecule is c1cnc(-c2cc3c(ccc4c3ccc3c5ccc6sc(-c7ncccn7)cc6c5ccc43)s2)nc1. The van der Waals surface area contributed by atoms with Crippen molar-refractivity contribution >= 4 is 75.2 Å². The maximum absolute atomic E-state index is 4.45. The van der Waals surface area contributed by atoms with Gasteiger partial charge >= 0.3 is 0 Å². The molecule has 36 heavy (non-hydrogen) atoms. The Hall–Kier alpha value is -4.26. The Morgan fingerprint density at radius 3 is 1.11 bits per heavy atom. The van der Waals surface area contributed by atoms with Gasteiger partial charge in [-0.3, -0.25) is 0 Å². The van der Waals surface area contributed by atoms with Gasteiger partial charge in [0, 0.05) is 45.0 Å². The molecule has 0 saturated carbocycles. The first-order valence-electron chi connectivity index (χ1n) is 11.6. The quantitative estimate of drug-likeness (QED) is 0.225. The van der Waals surface area contributed by atoms with Crippen molar-refractivity contribution < 1.29 is 0 Å². The van der Waals surface area contributed by atoms with E-state index in [1.54, 1.807) is 47.5 Å². The predicted molar refractivity (Wildman–Crippen MR) is 152 cm³/mol. The number of hydrogen-bond acceptors (Lipinski definition) is 6. The van der Waals surface area contributed by atoms with E-state index in [0.29, 0.717) is 0 Å². The van der Waals surface area contributed by atoms with Crippen molar-refractivity contribution in [1.29, 1.82) is 0 Å². The Bertz CT molecular complexity index is 1940. The Morgan fingerprint density at radius 1 is 0.389 bits per heavy atom. The summed E-state index contributed by atoms with van der Waals surface area (Å²) in [6, 6.07) is 26.2. The van der Waals surface area contributed by atoms with Crippen LogP contribution in [0.25, 0.3) is 73.9 Å². The minimum absolute atomic E-state index is 0.777. The summed E-state index contributed by atoms with van der Waals surface area (Å²) >= 11 is 3.48. The molecule has 8 rings (SSSR count). The van der Waals surface area contributed by atoms with Crippen LogP contribution in [0.5, 0.6) is 0 Å². The predicted octanol–water partition coefficient (Wildman–Crippen LogP) is 8.49. The molecule has 168 valence electrons. The summed E-state index contributed by atoms with van der Waals surface area (Å²) in [5.74, 6) is 1.55. The van der Waals surface area contributed by atoms with Gasteiger partial charge in [-0.15, -0.1) is 22.7 Å². The van der Waals surface area contributed by atoms with Gasteiger partial charge < -0.3 is 0 Å². The van der Waals surface area contributed by atoms with Crippen LogP contribution in [0, 0.1) is 0 Å². The second-order valence-electron chi connectivity index (χ2n) is 8.74. The molecule has 0 amide bonds. The molecule has 0 atom stereocenters. The van der Waals surface area contributed by atoms with Gasteiger partial charge in [0.25, 0.3) is 0 Å². The van der Waals surface area contributed by atoms with Gasteiger partial charge in [-0.2, -0.15) is 0 Å². The minimum Gasteiger partial charge on any atom is -0.236 e. The first-order valence-corrected chi connectivity index (χ1v) is 13.3. The van der Waals surface area contributed by atoms with Crippen LogP contribution in [-0.4, -0.2) is 19.9 Å². The Morgan fingerprint density at radius 2 is 0.722 bits per heavy atom. The lowest BCUT2D eigenvalue weighted by molar-refractivity contribution is 1.19. The Kier molecular flexibility index (Phi) is 4.23. The number of benzene rings is 4. The third-order valence-electron chi connectivity index (χ3n) is 6.76. The zero-order chi connectivity index (χ0) is 23.6. The molecule has 4 aromatic carbocycles. The molecule has 0 aliphatic heterocycles. The van der Waals surface area contributed by atoms with Crippen LogP contribution in [-0.2, 0) is 0 Å². The van der Waals surface area contributed by atoms with Crippen molar-refractivity contribution in [1.82, 2.24) is 19.9 Å². The van der Waals surface area contributed by atoms with Gasteiger partial charge in [0.15, 0.2) is 11.6 Å². The summed E-state index contributed by atoms with van der Waals surface area (Å²) in [6.07, 6.45) is 7.18. The molecule has 0 bridgehead atoms. The van der Waals surface area contributed by atoms with E-state index in [2.05, 4.69) is 80.6 Å². The van der Waals surface area contributed by atoms with Crippen LogP contribution in [0.2, 0.25) is 0 Å². The van der Waals surface area contributed by atoms with Crippen LogP contribution in [0.1, 0.15) is 0 Å². The second kappa shape index (κ2) is 7.62. The maximum Gasteiger partial charge on any atom is 0.169 e. The zero-order valence-corrected chi connectivity index (χ0v) is 20.5. The monoisotopic (exact) mass is 496 g/mol. The molecule has 0 spiro atoms. The highest BCUT2D eigenvalue weighted by Crippen LogP contribution is 2.42. The van der Waals surface area contributed by atoms with Crippen LogP contribution >= 0.6 is 22.7 Å². The number of hydrogen-bond donors (Lipinski definition) is 0. The molecular formula is C30H16N4S2. The molecule has 4 heterocycles. The number of thiophene rings is 2. The maximum atomic E-state index is 4.45.